The van der Waals surface area contributed by atoms with Crippen LogP contribution >= 0.6 is 0 Å². The van der Waals surface area contributed by atoms with Crippen molar-refractivity contribution in [2.24, 2.45) is 0 Å². The molecular formula is C14H17FN2O2. The van der Waals surface area contributed by atoms with Gasteiger partial charge in [-0.3, -0.25) is 14.9 Å². The number of piperidine rings is 1. The average Bonchev–Trinajstić information content (AvgIpc) is 2.36. The molecule has 19 heavy (non-hydrogen) atoms. The smallest absolute Gasteiger partial charge is 0.243 e. The average molecular weight is 264 g/mol. The van der Waals surface area contributed by atoms with Gasteiger partial charge in [0.15, 0.2) is 0 Å². The number of carbonyl (C=O) groups is 2. The van der Waals surface area contributed by atoms with E-state index in [0.717, 1.165) is 5.56 Å². The van der Waals surface area contributed by atoms with E-state index in [-0.39, 0.29) is 29.7 Å². The zero-order valence-electron chi connectivity index (χ0n) is 10.8. The molecule has 1 aliphatic heterocycles. The Morgan fingerprint density at radius 3 is 2.68 bits per heavy atom. The molecule has 2 amide bonds. The molecule has 1 heterocycles. The second-order valence-corrected chi connectivity index (χ2v) is 4.90. The minimum Gasteiger partial charge on any atom is -0.303 e. The van der Waals surface area contributed by atoms with Crippen molar-refractivity contribution in [2.75, 3.05) is 0 Å². The third kappa shape index (κ3) is 3.86. The molecule has 2 N–H and O–H groups in total. The summed E-state index contributed by atoms with van der Waals surface area (Å²) in [6.07, 6.45) is 1.60. The highest BCUT2D eigenvalue weighted by Crippen LogP contribution is 2.09. The highest BCUT2D eigenvalue weighted by molar-refractivity contribution is 6.00. The number of amides is 2. The van der Waals surface area contributed by atoms with Crippen molar-refractivity contribution in [1.29, 1.82) is 0 Å². The van der Waals surface area contributed by atoms with Gasteiger partial charge in [0.25, 0.3) is 0 Å². The number of imide groups is 1. The number of hydrogen-bond acceptors (Lipinski definition) is 3. The molecule has 0 aromatic heterocycles. The first-order valence-corrected chi connectivity index (χ1v) is 6.39. The van der Waals surface area contributed by atoms with Crippen LogP contribution < -0.4 is 10.6 Å². The van der Waals surface area contributed by atoms with Crippen LogP contribution in [-0.2, 0) is 16.0 Å². The van der Waals surface area contributed by atoms with Crippen LogP contribution in [0.4, 0.5) is 4.39 Å². The fraction of sp³-hybridized carbons (Fsp3) is 0.429. The maximum Gasteiger partial charge on any atom is 0.243 e. The maximum atomic E-state index is 12.8. The van der Waals surface area contributed by atoms with Crippen LogP contribution in [0.5, 0.6) is 0 Å². The third-order valence-corrected chi connectivity index (χ3v) is 3.18. The van der Waals surface area contributed by atoms with Crippen LogP contribution in [0.2, 0.25) is 0 Å². The number of carbonyl (C=O) groups excluding carboxylic acids is 2. The summed E-state index contributed by atoms with van der Waals surface area (Å²) in [4.78, 5) is 22.6. The molecule has 1 aromatic carbocycles. The first kappa shape index (κ1) is 13.7. The lowest BCUT2D eigenvalue weighted by Gasteiger charge is -2.25. The minimum absolute atomic E-state index is 0.0782. The van der Waals surface area contributed by atoms with Crippen molar-refractivity contribution >= 4 is 11.8 Å². The molecule has 2 rings (SSSR count). The van der Waals surface area contributed by atoms with Gasteiger partial charge in [0, 0.05) is 12.5 Å². The van der Waals surface area contributed by atoms with Gasteiger partial charge in [0.05, 0.1) is 6.04 Å². The zero-order chi connectivity index (χ0) is 13.8. The van der Waals surface area contributed by atoms with Crippen LogP contribution in [0, 0.1) is 5.82 Å². The molecule has 0 bridgehead atoms. The van der Waals surface area contributed by atoms with E-state index in [0.29, 0.717) is 19.3 Å². The summed E-state index contributed by atoms with van der Waals surface area (Å²) in [7, 11) is 0. The molecule has 0 radical (unpaired) electrons. The van der Waals surface area contributed by atoms with Gasteiger partial charge in [-0.25, -0.2) is 4.39 Å². The van der Waals surface area contributed by atoms with Gasteiger partial charge in [-0.05, 0) is 37.5 Å². The Balaban J connectivity index is 1.87. The molecule has 0 saturated carbocycles. The Labute approximate surface area is 111 Å². The number of rotatable bonds is 4. The monoisotopic (exact) mass is 264 g/mol. The molecular weight excluding hydrogens is 247 g/mol. The van der Waals surface area contributed by atoms with Crippen LogP contribution in [0.3, 0.4) is 0 Å². The predicted molar refractivity (Wildman–Crippen MR) is 68.9 cm³/mol. The number of hydrogen-bond donors (Lipinski definition) is 2. The highest BCUT2D eigenvalue weighted by Gasteiger charge is 2.27. The van der Waals surface area contributed by atoms with Crippen molar-refractivity contribution in [3.8, 4) is 0 Å². The molecule has 0 spiro atoms. The summed E-state index contributed by atoms with van der Waals surface area (Å²) in [6.45, 7) is 1.97. The Morgan fingerprint density at radius 1 is 1.37 bits per heavy atom. The van der Waals surface area contributed by atoms with Crippen molar-refractivity contribution in [3.05, 3.63) is 35.6 Å². The van der Waals surface area contributed by atoms with E-state index in [4.69, 9.17) is 0 Å². The van der Waals surface area contributed by atoms with E-state index in [9.17, 15) is 14.0 Å². The van der Waals surface area contributed by atoms with E-state index >= 15 is 0 Å². The van der Waals surface area contributed by atoms with E-state index in [1.54, 1.807) is 12.1 Å². The lowest BCUT2D eigenvalue weighted by Crippen LogP contribution is -2.53. The summed E-state index contributed by atoms with van der Waals surface area (Å²) in [5.41, 5.74) is 1.01. The number of halogens is 1. The number of nitrogens with one attached hydrogen (secondary N) is 2. The largest absolute Gasteiger partial charge is 0.303 e. The van der Waals surface area contributed by atoms with Crippen LogP contribution in [0.1, 0.15) is 25.3 Å². The molecule has 0 aliphatic carbocycles. The molecule has 102 valence electrons. The molecule has 4 nitrogen and oxygen atoms in total. The standard InChI is InChI=1S/C14H17FN2O2/c1-9(8-10-2-4-11(15)5-3-10)16-12-6-7-13(18)17-14(12)19/h2-5,9,12,16H,6-8H2,1H3,(H,17,18,19). The lowest BCUT2D eigenvalue weighted by molar-refractivity contribution is -0.134. The highest BCUT2D eigenvalue weighted by atomic mass is 19.1. The summed E-state index contributed by atoms with van der Waals surface area (Å²) >= 11 is 0. The Hall–Kier alpha value is -1.75. The molecule has 2 atom stereocenters. The van der Waals surface area contributed by atoms with Gasteiger partial charge < -0.3 is 5.32 Å². The first-order chi connectivity index (χ1) is 9.04. The fourth-order valence-corrected chi connectivity index (χ4v) is 2.23. The SMILES string of the molecule is CC(Cc1ccc(F)cc1)NC1CCC(=O)NC1=O. The molecule has 1 aromatic rings. The van der Waals surface area contributed by atoms with Gasteiger partial charge in [0.1, 0.15) is 5.82 Å². The number of benzene rings is 1. The Bertz CT molecular complexity index is 473. The van der Waals surface area contributed by atoms with Gasteiger partial charge in [0.2, 0.25) is 11.8 Å². The van der Waals surface area contributed by atoms with Crippen LogP contribution in [0.25, 0.3) is 0 Å². The van der Waals surface area contributed by atoms with Gasteiger partial charge in [-0.15, -0.1) is 0 Å². The quantitative estimate of drug-likeness (QED) is 0.802. The maximum absolute atomic E-state index is 12.8. The normalized spacial score (nSPS) is 21.1. The fourth-order valence-electron chi connectivity index (χ4n) is 2.23. The van der Waals surface area contributed by atoms with E-state index in [1.807, 2.05) is 6.92 Å². The Morgan fingerprint density at radius 2 is 2.05 bits per heavy atom. The van der Waals surface area contributed by atoms with Gasteiger partial charge in [-0.2, -0.15) is 0 Å². The van der Waals surface area contributed by atoms with Crippen LogP contribution in [0.15, 0.2) is 24.3 Å². The molecule has 5 heteroatoms. The summed E-state index contributed by atoms with van der Waals surface area (Å²) in [5.74, 6) is -0.731. The lowest BCUT2D eigenvalue weighted by atomic mass is 10.0. The second-order valence-electron chi connectivity index (χ2n) is 4.90. The van der Waals surface area contributed by atoms with Crippen molar-refractivity contribution in [2.45, 2.75) is 38.3 Å². The summed E-state index contributed by atoms with van der Waals surface area (Å²) < 4.78 is 12.8. The second kappa shape index (κ2) is 5.93. The van der Waals surface area contributed by atoms with Crippen LogP contribution in [-0.4, -0.2) is 23.9 Å². The van der Waals surface area contributed by atoms with Gasteiger partial charge in [-0.1, -0.05) is 12.1 Å². The minimum atomic E-state index is -0.326. The van der Waals surface area contributed by atoms with Gasteiger partial charge >= 0.3 is 0 Å². The van der Waals surface area contributed by atoms with Crippen molar-refractivity contribution < 1.29 is 14.0 Å². The van der Waals surface area contributed by atoms with Crippen molar-refractivity contribution in [1.82, 2.24) is 10.6 Å². The topological polar surface area (TPSA) is 58.2 Å². The molecule has 1 aliphatic rings. The van der Waals surface area contributed by atoms with E-state index in [1.165, 1.54) is 12.1 Å². The predicted octanol–water partition coefficient (Wildman–Crippen LogP) is 1.15. The first-order valence-electron chi connectivity index (χ1n) is 6.39. The van der Waals surface area contributed by atoms with Crippen molar-refractivity contribution in [3.63, 3.8) is 0 Å². The molecule has 1 fully saturated rings. The Kier molecular flexibility index (Phi) is 4.27. The molecule has 1 saturated heterocycles. The van der Waals surface area contributed by atoms with E-state index in [2.05, 4.69) is 10.6 Å². The summed E-state index contributed by atoms with van der Waals surface area (Å²) in [6, 6.07) is 6.07. The molecule has 2 unspecified atom stereocenters. The zero-order valence-corrected chi connectivity index (χ0v) is 10.8. The summed E-state index contributed by atoms with van der Waals surface area (Å²) in [5, 5.41) is 5.51. The third-order valence-electron chi connectivity index (χ3n) is 3.18. The van der Waals surface area contributed by atoms with E-state index < -0.39 is 0 Å².